The Kier molecular flexibility index (Phi) is 4.42. The molecule has 3 nitrogen and oxygen atoms in total. The predicted molar refractivity (Wildman–Crippen MR) is 72.6 cm³/mol. The molecule has 0 aliphatic rings. The Bertz CT molecular complexity index is 560. The van der Waals surface area contributed by atoms with Crippen LogP contribution in [-0.2, 0) is 6.67 Å². The molecule has 0 aliphatic heterocycles. The van der Waals surface area contributed by atoms with Crippen molar-refractivity contribution in [2.24, 2.45) is 0 Å². The summed E-state index contributed by atoms with van der Waals surface area (Å²) in [5.74, 6) is 0.978. The molecule has 0 saturated carbocycles. The summed E-state index contributed by atoms with van der Waals surface area (Å²) in [5, 5.41) is 18.3. The van der Waals surface area contributed by atoms with E-state index in [-0.39, 0.29) is 0 Å². The molecule has 0 unspecified atom stereocenters. The molecular weight excluding hydrogens is 269 g/mol. The van der Waals surface area contributed by atoms with Gasteiger partial charge in [0, 0.05) is 10.6 Å². The highest BCUT2D eigenvalue weighted by molar-refractivity contribution is 6.58. The molecule has 98 valence electrons. The van der Waals surface area contributed by atoms with E-state index in [9.17, 15) is 4.39 Å². The molecule has 6 heteroatoms. The molecule has 0 amide bonds. The summed E-state index contributed by atoms with van der Waals surface area (Å²) in [6.07, 6.45) is 0. The zero-order valence-corrected chi connectivity index (χ0v) is 10.6. The molecule has 0 spiro atoms. The van der Waals surface area contributed by atoms with Crippen LogP contribution in [0.25, 0.3) is 0 Å². The lowest BCUT2D eigenvalue weighted by molar-refractivity contribution is 0.425. The van der Waals surface area contributed by atoms with Gasteiger partial charge >= 0.3 is 7.12 Å². The molecule has 0 aliphatic carbocycles. The van der Waals surface area contributed by atoms with Crippen LogP contribution in [0.2, 0.25) is 5.02 Å². The summed E-state index contributed by atoms with van der Waals surface area (Å²) in [7, 11) is -1.51. The molecule has 2 N–H and O–H groups in total. The molecule has 0 saturated heterocycles. The van der Waals surface area contributed by atoms with Gasteiger partial charge < -0.3 is 14.8 Å². The zero-order chi connectivity index (χ0) is 13.8. The summed E-state index contributed by atoms with van der Waals surface area (Å²) in [6, 6.07) is 11.0. The van der Waals surface area contributed by atoms with Crippen molar-refractivity contribution in [2.45, 2.75) is 6.67 Å². The maximum Gasteiger partial charge on any atom is 0.488 e. The lowest BCUT2D eigenvalue weighted by atomic mass is 9.80. The summed E-state index contributed by atoms with van der Waals surface area (Å²) in [6.45, 7) is -0.661. The highest BCUT2D eigenvalue weighted by Gasteiger charge is 2.10. The van der Waals surface area contributed by atoms with E-state index in [0.717, 1.165) is 0 Å². The van der Waals surface area contributed by atoms with E-state index >= 15 is 0 Å². The van der Waals surface area contributed by atoms with E-state index in [1.165, 1.54) is 18.2 Å². The Morgan fingerprint density at radius 3 is 2.26 bits per heavy atom. The van der Waals surface area contributed by atoms with Crippen LogP contribution in [-0.4, -0.2) is 17.2 Å². The maximum atomic E-state index is 12.7. The van der Waals surface area contributed by atoms with Gasteiger partial charge in [-0.2, -0.15) is 0 Å². The normalized spacial score (nSPS) is 10.3. The highest BCUT2D eigenvalue weighted by Crippen LogP contribution is 2.26. The highest BCUT2D eigenvalue weighted by atomic mass is 35.5. The smallest absolute Gasteiger partial charge is 0.457 e. The molecule has 19 heavy (non-hydrogen) atoms. The quantitative estimate of drug-likeness (QED) is 0.845. The summed E-state index contributed by atoms with van der Waals surface area (Å²) in [4.78, 5) is 0. The Labute approximate surface area is 115 Å². The van der Waals surface area contributed by atoms with Gasteiger partial charge in [-0.15, -0.1) is 0 Å². The zero-order valence-electron chi connectivity index (χ0n) is 9.88. The molecule has 0 heterocycles. The summed E-state index contributed by atoms with van der Waals surface area (Å²) in [5.41, 5.74) is 0.731. The molecule has 0 bridgehead atoms. The van der Waals surface area contributed by atoms with Gasteiger partial charge in [0.15, 0.2) is 0 Å². The summed E-state index contributed by atoms with van der Waals surface area (Å²) >= 11 is 5.80. The molecule has 2 aromatic rings. The van der Waals surface area contributed by atoms with E-state index in [0.29, 0.717) is 27.5 Å². The fourth-order valence-corrected chi connectivity index (χ4v) is 1.73. The molecule has 2 rings (SSSR count). The Morgan fingerprint density at radius 1 is 1.05 bits per heavy atom. The first-order chi connectivity index (χ1) is 9.10. The minimum Gasteiger partial charge on any atom is -0.457 e. The van der Waals surface area contributed by atoms with Crippen LogP contribution in [0, 0.1) is 0 Å². The van der Waals surface area contributed by atoms with Gasteiger partial charge in [0.1, 0.15) is 18.2 Å². The molecule has 2 aromatic carbocycles. The average molecular weight is 280 g/mol. The third kappa shape index (κ3) is 3.47. The molecule has 0 fully saturated rings. The second-order valence-corrected chi connectivity index (χ2v) is 4.34. The number of alkyl halides is 1. The minimum absolute atomic E-state index is 0.355. The van der Waals surface area contributed by atoms with Crippen LogP contribution in [0.4, 0.5) is 4.39 Å². The second kappa shape index (κ2) is 6.06. The van der Waals surface area contributed by atoms with E-state index in [4.69, 9.17) is 26.4 Å². The Morgan fingerprint density at radius 2 is 1.68 bits per heavy atom. The van der Waals surface area contributed by atoms with Gasteiger partial charge in [-0.3, -0.25) is 0 Å². The first-order valence-electron chi connectivity index (χ1n) is 5.58. The topological polar surface area (TPSA) is 49.7 Å². The summed E-state index contributed by atoms with van der Waals surface area (Å²) < 4.78 is 18.2. The molecular formula is C13H11BClFO3. The van der Waals surface area contributed by atoms with E-state index in [2.05, 4.69) is 0 Å². The van der Waals surface area contributed by atoms with Crippen molar-refractivity contribution in [1.82, 2.24) is 0 Å². The third-order valence-electron chi connectivity index (χ3n) is 2.58. The third-order valence-corrected chi connectivity index (χ3v) is 2.94. The first kappa shape index (κ1) is 13.9. The maximum absolute atomic E-state index is 12.7. The van der Waals surface area contributed by atoms with Gasteiger partial charge in [-0.05, 0) is 35.8 Å². The van der Waals surface area contributed by atoms with Crippen molar-refractivity contribution in [3.63, 3.8) is 0 Å². The van der Waals surface area contributed by atoms with Gasteiger partial charge in [0.05, 0.1) is 0 Å². The monoisotopic (exact) mass is 280 g/mol. The standard InChI is InChI=1S/C13H11BClFO3/c15-13-6-5-12(7-9(13)8-16)19-11-3-1-10(2-4-11)14(17)18/h1-7,17-18H,8H2. The van der Waals surface area contributed by atoms with Crippen LogP contribution in [0.1, 0.15) is 5.56 Å². The number of halogens is 2. The Balaban J connectivity index is 2.16. The second-order valence-electron chi connectivity index (χ2n) is 3.93. The first-order valence-corrected chi connectivity index (χ1v) is 5.96. The molecule has 0 aromatic heterocycles. The predicted octanol–water partition coefficient (Wildman–Crippen LogP) is 2.28. The number of ether oxygens (including phenoxy) is 1. The van der Waals surface area contributed by atoms with Crippen LogP contribution < -0.4 is 10.2 Å². The van der Waals surface area contributed by atoms with E-state index < -0.39 is 13.8 Å². The Hall–Kier alpha value is -1.56. The number of rotatable bonds is 4. The van der Waals surface area contributed by atoms with E-state index in [1.54, 1.807) is 24.3 Å². The number of hydrogen-bond acceptors (Lipinski definition) is 3. The van der Waals surface area contributed by atoms with Crippen LogP contribution >= 0.6 is 11.6 Å². The van der Waals surface area contributed by atoms with Crippen molar-refractivity contribution >= 4 is 24.2 Å². The van der Waals surface area contributed by atoms with Gasteiger partial charge in [0.2, 0.25) is 0 Å². The number of benzene rings is 2. The van der Waals surface area contributed by atoms with Crippen LogP contribution in [0.15, 0.2) is 42.5 Å². The largest absolute Gasteiger partial charge is 0.488 e. The van der Waals surface area contributed by atoms with Crippen LogP contribution in [0.5, 0.6) is 11.5 Å². The van der Waals surface area contributed by atoms with Gasteiger partial charge in [-0.1, -0.05) is 23.7 Å². The number of hydrogen-bond donors (Lipinski definition) is 2. The minimum atomic E-state index is -1.51. The van der Waals surface area contributed by atoms with Crippen LogP contribution in [0.3, 0.4) is 0 Å². The van der Waals surface area contributed by atoms with Crippen molar-refractivity contribution < 1.29 is 19.2 Å². The average Bonchev–Trinajstić information content (AvgIpc) is 2.41. The fraction of sp³-hybridized carbons (Fsp3) is 0.0769. The van der Waals surface area contributed by atoms with Crippen molar-refractivity contribution in [3.8, 4) is 11.5 Å². The van der Waals surface area contributed by atoms with Gasteiger partial charge in [0.25, 0.3) is 0 Å². The lowest BCUT2D eigenvalue weighted by Crippen LogP contribution is -2.29. The van der Waals surface area contributed by atoms with Crippen molar-refractivity contribution in [1.29, 1.82) is 0 Å². The van der Waals surface area contributed by atoms with Gasteiger partial charge in [-0.25, -0.2) is 4.39 Å². The van der Waals surface area contributed by atoms with Crippen molar-refractivity contribution in [2.75, 3.05) is 0 Å². The van der Waals surface area contributed by atoms with Crippen molar-refractivity contribution in [3.05, 3.63) is 53.1 Å². The SMILES string of the molecule is OB(O)c1ccc(Oc2ccc(Cl)c(CF)c2)cc1. The molecule has 0 radical (unpaired) electrons. The molecule has 0 atom stereocenters. The van der Waals surface area contributed by atoms with E-state index in [1.807, 2.05) is 0 Å². The fourth-order valence-electron chi connectivity index (χ4n) is 1.56. The lowest BCUT2D eigenvalue weighted by Gasteiger charge is -2.08.